The summed E-state index contributed by atoms with van der Waals surface area (Å²) in [5.41, 5.74) is 3.58. The Morgan fingerprint density at radius 2 is 1.88 bits per heavy atom. The summed E-state index contributed by atoms with van der Waals surface area (Å²) in [6.07, 6.45) is 4.02. The molecule has 6 nitrogen and oxygen atoms in total. The van der Waals surface area contributed by atoms with Crippen LogP contribution >= 0.6 is 0 Å². The van der Waals surface area contributed by atoms with Crippen molar-refractivity contribution in [3.63, 3.8) is 0 Å². The van der Waals surface area contributed by atoms with E-state index < -0.39 is 5.97 Å². The fourth-order valence-electron chi connectivity index (χ4n) is 3.37. The largest absolute Gasteiger partial charge is 0.468 e. The number of benzene rings is 1. The number of rotatable bonds is 6. The van der Waals surface area contributed by atoms with Crippen LogP contribution < -0.4 is 5.32 Å². The molecule has 2 aromatic rings. The molecule has 136 valence electrons. The highest BCUT2D eigenvalue weighted by atomic mass is 16.5. The van der Waals surface area contributed by atoms with Gasteiger partial charge in [-0.05, 0) is 37.3 Å². The third-order valence-corrected chi connectivity index (χ3v) is 4.68. The minimum absolute atomic E-state index is 0.0429. The lowest BCUT2D eigenvalue weighted by Gasteiger charge is -2.20. The van der Waals surface area contributed by atoms with Crippen molar-refractivity contribution in [2.45, 2.75) is 38.5 Å². The lowest BCUT2D eigenvalue weighted by Crippen LogP contribution is -2.30. The molecule has 1 aromatic carbocycles. The van der Waals surface area contributed by atoms with Gasteiger partial charge in [-0.3, -0.25) is 19.4 Å². The molecule has 0 aliphatic heterocycles. The first kappa shape index (κ1) is 18.0. The normalized spacial score (nSPS) is 13.1. The summed E-state index contributed by atoms with van der Waals surface area (Å²) in [6, 6.07) is 7.66. The molecule has 1 amide bonds. The van der Waals surface area contributed by atoms with E-state index in [0.717, 1.165) is 47.8 Å². The topological polar surface area (TPSA) is 85.4 Å². The Kier molecular flexibility index (Phi) is 5.61. The standard InChI is InChI=1S/C20H22N2O4/c1-26-19(25)12-21-18(24)11-10-17(23)20-13-6-2-4-8-15(13)22-16-9-5-3-7-14(16)20/h2,4,6,8H,3,5,7,9-12H2,1H3,(H,21,24). The zero-order valence-electron chi connectivity index (χ0n) is 14.8. The average molecular weight is 354 g/mol. The number of carbonyl (C=O) groups is 3. The van der Waals surface area contributed by atoms with Crippen molar-refractivity contribution in [3.8, 4) is 0 Å². The van der Waals surface area contributed by atoms with Gasteiger partial charge in [0.1, 0.15) is 6.54 Å². The molecular formula is C20H22N2O4. The molecule has 0 bridgehead atoms. The molecule has 1 aliphatic rings. The molecule has 0 unspecified atom stereocenters. The van der Waals surface area contributed by atoms with Crippen LogP contribution in [0.3, 0.4) is 0 Å². The van der Waals surface area contributed by atoms with E-state index in [-0.39, 0.29) is 31.1 Å². The maximum Gasteiger partial charge on any atom is 0.325 e. The number of methoxy groups -OCH3 is 1. The number of amides is 1. The van der Waals surface area contributed by atoms with Crippen molar-refractivity contribution in [1.29, 1.82) is 0 Å². The van der Waals surface area contributed by atoms with Crippen LogP contribution in [0.4, 0.5) is 0 Å². The van der Waals surface area contributed by atoms with E-state index in [2.05, 4.69) is 10.1 Å². The second-order valence-corrected chi connectivity index (χ2v) is 6.41. The second kappa shape index (κ2) is 8.08. The fourth-order valence-corrected chi connectivity index (χ4v) is 3.37. The average Bonchev–Trinajstić information content (AvgIpc) is 2.68. The zero-order chi connectivity index (χ0) is 18.5. The number of ketones is 1. The second-order valence-electron chi connectivity index (χ2n) is 6.41. The van der Waals surface area contributed by atoms with E-state index >= 15 is 0 Å². The van der Waals surface area contributed by atoms with Crippen LogP contribution in [-0.4, -0.2) is 36.3 Å². The van der Waals surface area contributed by atoms with Gasteiger partial charge >= 0.3 is 5.97 Å². The molecule has 0 spiro atoms. The van der Waals surface area contributed by atoms with Gasteiger partial charge in [0.2, 0.25) is 5.91 Å². The van der Waals surface area contributed by atoms with Gasteiger partial charge in [0.15, 0.2) is 5.78 Å². The van der Waals surface area contributed by atoms with Gasteiger partial charge in [-0.2, -0.15) is 0 Å². The number of ether oxygens (including phenoxy) is 1. The van der Waals surface area contributed by atoms with Crippen LogP contribution in [0.25, 0.3) is 10.9 Å². The molecule has 1 heterocycles. The summed E-state index contributed by atoms with van der Waals surface area (Å²) in [4.78, 5) is 40.6. The molecular weight excluding hydrogens is 332 g/mol. The molecule has 0 radical (unpaired) electrons. The van der Waals surface area contributed by atoms with Gasteiger partial charge in [0.05, 0.1) is 12.6 Å². The summed E-state index contributed by atoms with van der Waals surface area (Å²) in [5.74, 6) is -0.898. The van der Waals surface area contributed by atoms with Gasteiger partial charge in [-0.15, -0.1) is 0 Å². The first-order chi connectivity index (χ1) is 12.6. The van der Waals surface area contributed by atoms with Crippen molar-refractivity contribution in [1.82, 2.24) is 10.3 Å². The number of esters is 1. The highest BCUT2D eigenvalue weighted by Crippen LogP contribution is 2.30. The van der Waals surface area contributed by atoms with Gasteiger partial charge in [-0.1, -0.05) is 18.2 Å². The zero-order valence-corrected chi connectivity index (χ0v) is 14.8. The number of fused-ring (bicyclic) bond motifs is 2. The van der Waals surface area contributed by atoms with Crippen molar-refractivity contribution >= 4 is 28.6 Å². The number of nitrogens with zero attached hydrogens (tertiary/aromatic N) is 1. The molecule has 1 aliphatic carbocycles. The highest BCUT2D eigenvalue weighted by Gasteiger charge is 2.22. The summed E-state index contributed by atoms with van der Waals surface area (Å²) in [6.45, 7) is -0.183. The monoisotopic (exact) mass is 354 g/mol. The molecule has 3 rings (SSSR count). The summed E-state index contributed by atoms with van der Waals surface area (Å²) in [7, 11) is 1.26. The predicted molar refractivity (Wildman–Crippen MR) is 97.0 cm³/mol. The van der Waals surface area contributed by atoms with Crippen LogP contribution in [0, 0.1) is 0 Å². The Balaban J connectivity index is 1.79. The Morgan fingerprint density at radius 3 is 2.69 bits per heavy atom. The fraction of sp³-hybridized carbons (Fsp3) is 0.400. The number of hydrogen-bond acceptors (Lipinski definition) is 5. The Morgan fingerprint density at radius 1 is 1.12 bits per heavy atom. The molecule has 0 saturated heterocycles. The van der Waals surface area contributed by atoms with Crippen LogP contribution in [-0.2, 0) is 27.2 Å². The van der Waals surface area contributed by atoms with Gasteiger partial charge < -0.3 is 10.1 Å². The first-order valence-corrected chi connectivity index (χ1v) is 8.87. The first-order valence-electron chi connectivity index (χ1n) is 8.87. The number of carbonyl (C=O) groups excluding carboxylic acids is 3. The third-order valence-electron chi connectivity index (χ3n) is 4.68. The molecule has 0 saturated carbocycles. The molecule has 1 aromatic heterocycles. The third kappa shape index (κ3) is 3.90. The van der Waals surface area contributed by atoms with Crippen molar-refractivity contribution in [2.75, 3.05) is 13.7 Å². The van der Waals surface area contributed by atoms with Gasteiger partial charge in [0, 0.05) is 29.5 Å². The highest BCUT2D eigenvalue weighted by molar-refractivity contribution is 6.09. The van der Waals surface area contributed by atoms with E-state index in [0.29, 0.717) is 5.56 Å². The number of nitrogens with one attached hydrogen (secondary N) is 1. The van der Waals surface area contributed by atoms with Gasteiger partial charge in [-0.25, -0.2) is 0 Å². The maximum absolute atomic E-state index is 12.9. The van der Waals surface area contributed by atoms with E-state index in [4.69, 9.17) is 4.98 Å². The number of hydrogen-bond donors (Lipinski definition) is 1. The number of aryl methyl sites for hydroxylation is 1. The molecule has 0 fully saturated rings. The number of para-hydroxylation sites is 1. The minimum atomic E-state index is -0.515. The van der Waals surface area contributed by atoms with Crippen LogP contribution in [0.5, 0.6) is 0 Å². The molecule has 6 heteroatoms. The molecule has 0 atom stereocenters. The van der Waals surface area contributed by atoms with Crippen LogP contribution in [0.2, 0.25) is 0 Å². The van der Waals surface area contributed by atoms with Crippen LogP contribution in [0.15, 0.2) is 24.3 Å². The maximum atomic E-state index is 12.9. The van der Waals surface area contributed by atoms with Crippen LogP contribution in [0.1, 0.15) is 47.3 Å². The molecule has 26 heavy (non-hydrogen) atoms. The van der Waals surface area contributed by atoms with Crippen molar-refractivity contribution in [2.24, 2.45) is 0 Å². The number of aromatic nitrogens is 1. The number of pyridine rings is 1. The van der Waals surface area contributed by atoms with E-state index in [1.807, 2.05) is 24.3 Å². The lowest BCUT2D eigenvalue weighted by atomic mass is 9.87. The summed E-state index contributed by atoms with van der Waals surface area (Å²) in [5, 5.41) is 3.32. The summed E-state index contributed by atoms with van der Waals surface area (Å²) >= 11 is 0. The van der Waals surface area contributed by atoms with E-state index in [1.165, 1.54) is 7.11 Å². The minimum Gasteiger partial charge on any atom is -0.468 e. The van der Waals surface area contributed by atoms with Gasteiger partial charge in [0.25, 0.3) is 0 Å². The lowest BCUT2D eigenvalue weighted by molar-refractivity contribution is -0.141. The summed E-state index contributed by atoms with van der Waals surface area (Å²) < 4.78 is 4.48. The SMILES string of the molecule is COC(=O)CNC(=O)CCC(=O)c1c2c(nc3ccccc13)CCCC2. The number of Topliss-reactive ketones (excluding diaryl/α,β-unsaturated/α-hetero) is 1. The quantitative estimate of drug-likeness (QED) is 0.636. The van der Waals surface area contributed by atoms with Crippen molar-refractivity contribution < 1.29 is 19.1 Å². The van der Waals surface area contributed by atoms with E-state index in [9.17, 15) is 14.4 Å². The van der Waals surface area contributed by atoms with E-state index in [1.54, 1.807) is 0 Å². The Hall–Kier alpha value is -2.76. The van der Waals surface area contributed by atoms with Crippen molar-refractivity contribution in [3.05, 3.63) is 41.1 Å². The Labute approximate surface area is 151 Å². The Bertz CT molecular complexity index is 860. The molecule has 1 N–H and O–H groups in total. The smallest absolute Gasteiger partial charge is 0.325 e. The predicted octanol–water partition coefficient (Wildman–Crippen LogP) is 2.37.